The van der Waals surface area contributed by atoms with Crippen LogP contribution in [0.4, 0.5) is 0 Å². The topological polar surface area (TPSA) is 145 Å². The summed E-state index contributed by atoms with van der Waals surface area (Å²) in [6, 6.07) is 7.61. The van der Waals surface area contributed by atoms with Crippen molar-refractivity contribution in [3.8, 4) is 40.1 Å². The van der Waals surface area contributed by atoms with Crippen molar-refractivity contribution in [3.63, 3.8) is 0 Å². The lowest BCUT2D eigenvalue weighted by atomic mass is 10.1. The zero-order valence-electron chi connectivity index (χ0n) is 41.3. The van der Waals surface area contributed by atoms with Gasteiger partial charge in [-0.15, -0.1) is 0 Å². The van der Waals surface area contributed by atoms with Gasteiger partial charge in [-0.05, 0) is 50.3 Å². The van der Waals surface area contributed by atoms with Crippen molar-refractivity contribution in [2.75, 3.05) is 6.61 Å². The van der Waals surface area contributed by atoms with Gasteiger partial charge in [-0.25, -0.2) is 0 Å². The Morgan fingerprint density at radius 3 is 1.36 bits per heavy atom. The Kier molecular flexibility index (Phi) is 28.5. The van der Waals surface area contributed by atoms with Crippen molar-refractivity contribution in [2.45, 2.75) is 227 Å². The molecule has 0 amide bonds. The second kappa shape index (κ2) is 33.7. The SMILES string of the molecule is CCCCCCCCOc1cc(-c2oc3cc(OC(=O)CCCCCCC)cc(OC(=O)CCCCCCC)c3c(=O)c2OC(=O)CCCCCCC)ccc1OC(=O)CCCCCCC. The second-order valence-corrected chi connectivity index (χ2v) is 17.7. The summed E-state index contributed by atoms with van der Waals surface area (Å²) in [5.74, 6) is -2.10. The Morgan fingerprint density at radius 1 is 0.439 bits per heavy atom. The number of ether oxygens (including phenoxy) is 5. The first-order valence-electron chi connectivity index (χ1n) is 25.9. The largest absolute Gasteiger partial charge is 0.490 e. The van der Waals surface area contributed by atoms with Crippen LogP contribution in [0.15, 0.2) is 39.5 Å². The minimum absolute atomic E-state index is 0.0395. The van der Waals surface area contributed by atoms with Crippen molar-refractivity contribution in [1.29, 1.82) is 0 Å². The molecule has 0 aliphatic rings. The lowest BCUT2D eigenvalue weighted by Gasteiger charge is -2.16. The number of unbranched alkanes of at least 4 members (excludes halogenated alkanes) is 21. The van der Waals surface area contributed by atoms with Crippen LogP contribution in [-0.2, 0) is 19.2 Å². The summed E-state index contributed by atoms with van der Waals surface area (Å²) < 4.78 is 36.3. The molecular weight excluding hydrogens is 837 g/mol. The minimum Gasteiger partial charge on any atom is -0.490 e. The first kappa shape index (κ1) is 55.7. The van der Waals surface area contributed by atoms with E-state index in [1.165, 1.54) is 18.6 Å². The van der Waals surface area contributed by atoms with Crippen molar-refractivity contribution < 1.29 is 47.3 Å². The number of esters is 4. The number of carbonyl (C=O) groups excluding carboxylic acids is 4. The van der Waals surface area contributed by atoms with E-state index in [0.717, 1.165) is 135 Å². The van der Waals surface area contributed by atoms with Gasteiger partial charge in [-0.1, -0.05) is 169 Å². The van der Waals surface area contributed by atoms with E-state index in [-0.39, 0.29) is 77.1 Å². The molecule has 0 unspecified atom stereocenters. The van der Waals surface area contributed by atoms with Crippen LogP contribution >= 0.6 is 0 Å². The highest BCUT2D eigenvalue weighted by Crippen LogP contribution is 2.40. The quantitative estimate of drug-likeness (QED) is 0.0309. The van der Waals surface area contributed by atoms with Crippen molar-refractivity contribution >= 4 is 34.8 Å². The number of rotatable bonds is 37. The van der Waals surface area contributed by atoms with E-state index < -0.39 is 23.3 Å². The monoisotopic (exact) mass is 919 g/mol. The van der Waals surface area contributed by atoms with Crippen LogP contribution in [-0.4, -0.2) is 30.5 Å². The van der Waals surface area contributed by atoms with Crippen LogP contribution in [0.2, 0.25) is 0 Å². The summed E-state index contributed by atoms with van der Waals surface area (Å²) in [5, 5.41) is -0.132. The molecule has 0 spiro atoms. The molecule has 3 rings (SSSR count). The van der Waals surface area contributed by atoms with E-state index in [2.05, 4.69) is 34.6 Å². The zero-order chi connectivity index (χ0) is 47.8. The van der Waals surface area contributed by atoms with Gasteiger partial charge in [0.05, 0.1) is 6.61 Å². The number of benzene rings is 2. The first-order valence-corrected chi connectivity index (χ1v) is 25.9. The Balaban J connectivity index is 2.15. The fraction of sp³-hybridized carbons (Fsp3) is 0.655. The van der Waals surface area contributed by atoms with Gasteiger partial charge in [0.25, 0.3) is 0 Å². The standard InChI is InChI=1S/C55H82O11/c1-6-11-16-21-26-31-38-61-45-39-42(36-37-44(45)63-49(57)33-28-23-18-13-8-3)54-55(66-51(59)35-30-25-20-15-10-5)53(60)52-46(64-50(58)34-29-24-19-14-9-4)40-43(41-47(52)65-54)62-48(56)32-27-22-17-12-7-2/h36-37,39-41H,6-35,38H2,1-5H3. The average Bonchev–Trinajstić information content (AvgIpc) is 3.29. The second-order valence-electron chi connectivity index (χ2n) is 17.7. The van der Waals surface area contributed by atoms with E-state index in [1.807, 2.05) is 0 Å². The van der Waals surface area contributed by atoms with Crippen molar-refractivity contribution in [2.24, 2.45) is 0 Å². The molecule has 3 aromatic rings. The van der Waals surface area contributed by atoms with E-state index in [9.17, 15) is 24.0 Å². The van der Waals surface area contributed by atoms with Gasteiger partial charge in [0.2, 0.25) is 11.2 Å². The molecule has 0 atom stereocenters. The lowest BCUT2D eigenvalue weighted by Crippen LogP contribution is -2.18. The van der Waals surface area contributed by atoms with Crippen LogP contribution in [0.3, 0.4) is 0 Å². The van der Waals surface area contributed by atoms with Crippen molar-refractivity contribution in [1.82, 2.24) is 0 Å². The molecular formula is C55H82O11. The normalized spacial score (nSPS) is 11.2. The lowest BCUT2D eigenvalue weighted by molar-refractivity contribution is -0.135. The number of hydrogen-bond acceptors (Lipinski definition) is 11. The highest BCUT2D eigenvalue weighted by molar-refractivity contribution is 5.92. The molecule has 11 nitrogen and oxygen atoms in total. The predicted octanol–water partition coefficient (Wildman–Crippen LogP) is 15.3. The Hall–Kier alpha value is -4.67. The molecule has 2 aromatic carbocycles. The third kappa shape index (κ3) is 21.3. The summed E-state index contributed by atoms with van der Waals surface area (Å²) in [4.78, 5) is 67.9. The maximum Gasteiger partial charge on any atom is 0.311 e. The molecule has 368 valence electrons. The minimum atomic E-state index is -0.738. The number of carbonyl (C=O) groups is 4. The molecule has 66 heavy (non-hydrogen) atoms. The number of fused-ring (bicyclic) bond motifs is 1. The molecule has 1 aromatic heterocycles. The van der Waals surface area contributed by atoms with Crippen LogP contribution in [0, 0.1) is 0 Å². The smallest absolute Gasteiger partial charge is 0.311 e. The summed E-state index contributed by atoms with van der Waals surface area (Å²) in [5.41, 5.74) is -0.461. The molecule has 0 bridgehead atoms. The van der Waals surface area contributed by atoms with E-state index in [0.29, 0.717) is 37.9 Å². The van der Waals surface area contributed by atoms with Crippen LogP contribution in [0.25, 0.3) is 22.3 Å². The third-order valence-corrected chi connectivity index (χ3v) is 11.7. The summed E-state index contributed by atoms with van der Waals surface area (Å²) >= 11 is 0. The van der Waals surface area contributed by atoms with E-state index in [1.54, 1.807) is 18.2 Å². The summed E-state index contributed by atoms with van der Waals surface area (Å²) in [6.45, 7) is 11.1. The van der Waals surface area contributed by atoms with E-state index in [4.69, 9.17) is 28.1 Å². The molecule has 0 aliphatic heterocycles. The molecule has 11 heteroatoms. The number of hydrogen-bond donors (Lipinski definition) is 0. The van der Waals surface area contributed by atoms with Gasteiger partial charge in [0, 0.05) is 43.4 Å². The molecule has 0 aliphatic carbocycles. The highest BCUT2D eigenvalue weighted by Gasteiger charge is 2.26. The molecule has 0 saturated heterocycles. The van der Waals surface area contributed by atoms with Crippen LogP contribution in [0.1, 0.15) is 227 Å². The Labute approximate surface area is 395 Å². The van der Waals surface area contributed by atoms with Gasteiger partial charge in [-0.3, -0.25) is 24.0 Å². The summed E-state index contributed by atoms with van der Waals surface area (Å²) in [6.07, 6.45) is 25.7. The molecule has 1 heterocycles. The molecule has 0 saturated carbocycles. The van der Waals surface area contributed by atoms with Gasteiger partial charge in [0.15, 0.2) is 17.3 Å². The predicted molar refractivity (Wildman–Crippen MR) is 263 cm³/mol. The van der Waals surface area contributed by atoms with Gasteiger partial charge >= 0.3 is 23.9 Å². The molecule has 0 fully saturated rings. The maximum absolute atomic E-state index is 14.8. The highest BCUT2D eigenvalue weighted by atomic mass is 16.6. The van der Waals surface area contributed by atoms with Crippen molar-refractivity contribution in [3.05, 3.63) is 40.6 Å². The van der Waals surface area contributed by atoms with Gasteiger partial charge < -0.3 is 28.1 Å². The van der Waals surface area contributed by atoms with Gasteiger partial charge in [-0.2, -0.15) is 0 Å². The fourth-order valence-corrected chi connectivity index (χ4v) is 7.76. The first-order chi connectivity index (χ1) is 32.1. The van der Waals surface area contributed by atoms with Crippen LogP contribution < -0.4 is 29.1 Å². The summed E-state index contributed by atoms with van der Waals surface area (Å²) in [7, 11) is 0. The third-order valence-electron chi connectivity index (χ3n) is 11.7. The average molecular weight is 919 g/mol. The fourth-order valence-electron chi connectivity index (χ4n) is 7.76. The van der Waals surface area contributed by atoms with Crippen LogP contribution in [0.5, 0.6) is 28.7 Å². The zero-order valence-corrected chi connectivity index (χ0v) is 41.3. The molecule has 0 radical (unpaired) electrons. The Bertz CT molecular complexity index is 1950. The Morgan fingerprint density at radius 2 is 0.864 bits per heavy atom. The van der Waals surface area contributed by atoms with E-state index >= 15 is 0 Å². The van der Waals surface area contributed by atoms with Gasteiger partial charge in [0.1, 0.15) is 22.5 Å². The molecule has 0 N–H and O–H groups in total. The maximum atomic E-state index is 14.8.